The molecule has 2 heterocycles. The van der Waals surface area contributed by atoms with Crippen LogP contribution in [0.4, 0.5) is 13.2 Å². The predicted octanol–water partition coefficient (Wildman–Crippen LogP) is 1.42. The smallest absolute Gasteiger partial charge is 0.451 e. The number of aromatic amines is 1. The Balaban J connectivity index is 2.39. The molecule has 0 aliphatic carbocycles. The Hall–Kier alpha value is -2.78. The first-order chi connectivity index (χ1) is 10.3. The summed E-state index contributed by atoms with van der Waals surface area (Å²) in [6.45, 7) is 1.64. The lowest BCUT2D eigenvalue weighted by molar-refractivity contribution is -0.144. The number of carbonyl (C=O) groups excluding carboxylic acids is 1. The lowest BCUT2D eigenvalue weighted by atomic mass is 10.2. The summed E-state index contributed by atoms with van der Waals surface area (Å²) in [5, 5.41) is 5.70. The first kappa shape index (κ1) is 15.6. The third kappa shape index (κ3) is 3.27. The van der Waals surface area contributed by atoms with Crippen molar-refractivity contribution in [3.05, 3.63) is 40.2 Å². The summed E-state index contributed by atoms with van der Waals surface area (Å²) in [6.07, 6.45) is -2.87. The van der Waals surface area contributed by atoms with Crippen LogP contribution in [0.2, 0.25) is 0 Å². The number of carbonyl (C=O) groups is 1. The van der Waals surface area contributed by atoms with E-state index >= 15 is 0 Å². The molecule has 0 amide bonds. The number of ether oxygens (including phenoxy) is 1. The number of esters is 1. The van der Waals surface area contributed by atoms with Gasteiger partial charge in [0.05, 0.1) is 12.3 Å². The van der Waals surface area contributed by atoms with Gasteiger partial charge in [-0.15, -0.1) is 0 Å². The summed E-state index contributed by atoms with van der Waals surface area (Å²) in [4.78, 5) is 29.4. The lowest BCUT2D eigenvalue weighted by Gasteiger charge is -2.06. The largest absolute Gasteiger partial charge is 0.462 e. The molecule has 10 heteroatoms. The van der Waals surface area contributed by atoms with Crippen molar-refractivity contribution in [3.8, 4) is 11.3 Å². The average molecular weight is 314 g/mol. The number of halogens is 3. The molecular formula is C12H9F3N4O3. The molecule has 2 aromatic heterocycles. The second kappa shape index (κ2) is 5.92. The maximum absolute atomic E-state index is 12.4. The minimum Gasteiger partial charge on any atom is -0.462 e. The Kier molecular flexibility index (Phi) is 4.20. The van der Waals surface area contributed by atoms with Gasteiger partial charge in [0.25, 0.3) is 5.56 Å². The summed E-state index contributed by atoms with van der Waals surface area (Å²) in [7, 11) is 0. The fourth-order valence-corrected chi connectivity index (χ4v) is 1.52. The van der Waals surface area contributed by atoms with Gasteiger partial charge in [-0.05, 0) is 13.0 Å². The normalized spacial score (nSPS) is 11.3. The Morgan fingerprint density at radius 2 is 1.95 bits per heavy atom. The van der Waals surface area contributed by atoms with Crippen LogP contribution in [0, 0.1) is 0 Å². The van der Waals surface area contributed by atoms with E-state index in [4.69, 9.17) is 4.74 Å². The quantitative estimate of drug-likeness (QED) is 0.861. The number of hydrogen-bond donors (Lipinski definition) is 1. The molecule has 7 nitrogen and oxygen atoms in total. The van der Waals surface area contributed by atoms with Gasteiger partial charge in [0.1, 0.15) is 5.56 Å². The Labute approximate surface area is 121 Å². The van der Waals surface area contributed by atoms with Gasteiger partial charge >= 0.3 is 12.1 Å². The second-order valence-corrected chi connectivity index (χ2v) is 4.01. The van der Waals surface area contributed by atoms with Crippen molar-refractivity contribution in [3.63, 3.8) is 0 Å². The van der Waals surface area contributed by atoms with Crippen molar-refractivity contribution in [2.45, 2.75) is 13.1 Å². The molecule has 1 N–H and O–H groups in total. The van der Waals surface area contributed by atoms with Crippen molar-refractivity contribution < 1.29 is 22.7 Å². The van der Waals surface area contributed by atoms with Gasteiger partial charge in [0, 0.05) is 18.0 Å². The molecule has 0 radical (unpaired) electrons. The van der Waals surface area contributed by atoms with Gasteiger partial charge in [0.15, 0.2) is 0 Å². The fraction of sp³-hybridized carbons (Fsp3) is 0.250. The monoisotopic (exact) mass is 314 g/mol. The highest BCUT2D eigenvalue weighted by atomic mass is 19.4. The number of aromatic nitrogens is 4. The summed E-state index contributed by atoms with van der Waals surface area (Å²) in [6, 6.07) is 1.10. The van der Waals surface area contributed by atoms with Crippen LogP contribution in [0.3, 0.4) is 0 Å². The van der Waals surface area contributed by atoms with Crippen LogP contribution in [0.15, 0.2) is 23.3 Å². The Morgan fingerprint density at radius 1 is 1.32 bits per heavy atom. The number of nitrogens with one attached hydrogen (secondary N) is 1. The molecule has 0 fully saturated rings. The molecule has 0 atom stereocenters. The molecule has 0 aliphatic rings. The predicted molar refractivity (Wildman–Crippen MR) is 66.8 cm³/mol. The molecule has 0 unspecified atom stereocenters. The molecule has 2 aromatic rings. The van der Waals surface area contributed by atoms with E-state index in [0.717, 1.165) is 18.5 Å². The maximum Gasteiger partial charge on any atom is 0.451 e. The Morgan fingerprint density at radius 3 is 2.50 bits per heavy atom. The topological polar surface area (TPSA) is 97.8 Å². The highest BCUT2D eigenvalue weighted by molar-refractivity contribution is 5.90. The SMILES string of the molecule is CCOC(=O)c1cc(-c2cnc(C(F)(F)F)nc2)n[nH]c1=O. The van der Waals surface area contributed by atoms with Gasteiger partial charge in [-0.25, -0.2) is 19.9 Å². The highest BCUT2D eigenvalue weighted by Gasteiger charge is 2.34. The van der Waals surface area contributed by atoms with Gasteiger partial charge < -0.3 is 4.74 Å². The van der Waals surface area contributed by atoms with Crippen LogP contribution >= 0.6 is 0 Å². The molecule has 116 valence electrons. The van der Waals surface area contributed by atoms with E-state index < -0.39 is 23.5 Å². The van der Waals surface area contributed by atoms with Crippen molar-refractivity contribution in [1.82, 2.24) is 20.2 Å². The van der Waals surface area contributed by atoms with Crippen LogP contribution in [0.5, 0.6) is 0 Å². The zero-order valence-corrected chi connectivity index (χ0v) is 11.1. The van der Waals surface area contributed by atoms with Gasteiger partial charge in [-0.3, -0.25) is 4.79 Å². The number of H-pyrrole nitrogens is 1. The summed E-state index contributed by atoms with van der Waals surface area (Å²) in [5.41, 5.74) is -0.937. The van der Waals surface area contributed by atoms with E-state index in [0.29, 0.717) is 0 Å². The fourth-order valence-electron chi connectivity index (χ4n) is 1.52. The standard InChI is InChI=1S/C12H9F3N4O3/c1-2-22-10(21)7-3-8(18-19-9(7)20)6-4-16-11(17-5-6)12(13,14)15/h3-5H,2H2,1H3,(H,19,20). The molecule has 22 heavy (non-hydrogen) atoms. The number of alkyl halides is 3. The van der Waals surface area contributed by atoms with Crippen molar-refractivity contribution in [2.75, 3.05) is 6.61 Å². The van der Waals surface area contributed by atoms with Gasteiger partial charge in [-0.2, -0.15) is 18.3 Å². The van der Waals surface area contributed by atoms with Crippen molar-refractivity contribution in [1.29, 1.82) is 0 Å². The van der Waals surface area contributed by atoms with Crippen LogP contribution in [0.25, 0.3) is 11.3 Å². The van der Waals surface area contributed by atoms with Gasteiger partial charge in [-0.1, -0.05) is 0 Å². The molecule has 0 spiro atoms. The lowest BCUT2D eigenvalue weighted by Crippen LogP contribution is -2.21. The van der Waals surface area contributed by atoms with E-state index in [1.807, 2.05) is 0 Å². The summed E-state index contributed by atoms with van der Waals surface area (Å²) in [5.74, 6) is -2.16. The number of rotatable bonds is 3. The molecule has 0 aliphatic heterocycles. The molecule has 0 saturated heterocycles. The first-order valence-corrected chi connectivity index (χ1v) is 5.99. The van der Waals surface area contributed by atoms with E-state index in [2.05, 4.69) is 20.2 Å². The van der Waals surface area contributed by atoms with E-state index in [1.165, 1.54) is 0 Å². The van der Waals surface area contributed by atoms with E-state index in [-0.39, 0.29) is 23.4 Å². The van der Waals surface area contributed by atoms with Crippen LogP contribution < -0.4 is 5.56 Å². The molecular weight excluding hydrogens is 305 g/mol. The molecule has 0 aromatic carbocycles. The van der Waals surface area contributed by atoms with E-state index in [9.17, 15) is 22.8 Å². The first-order valence-electron chi connectivity index (χ1n) is 5.99. The molecule has 2 rings (SSSR count). The van der Waals surface area contributed by atoms with Crippen LogP contribution in [-0.4, -0.2) is 32.7 Å². The van der Waals surface area contributed by atoms with Gasteiger partial charge in [0.2, 0.25) is 5.82 Å². The maximum atomic E-state index is 12.4. The summed E-state index contributed by atoms with van der Waals surface area (Å²) < 4.78 is 41.8. The minimum absolute atomic E-state index is 0.0383. The highest BCUT2D eigenvalue weighted by Crippen LogP contribution is 2.26. The Bertz CT molecular complexity index is 741. The number of nitrogens with zero attached hydrogens (tertiary/aromatic N) is 3. The summed E-state index contributed by atoms with van der Waals surface area (Å²) >= 11 is 0. The van der Waals surface area contributed by atoms with E-state index in [1.54, 1.807) is 6.92 Å². The molecule has 0 bridgehead atoms. The van der Waals surface area contributed by atoms with Crippen LogP contribution in [0.1, 0.15) is 23.1 Å². The van der Waals surface area contributed by atoms with Crippen molar-refractivity contribution >= 4 is 5.97 Å². The van der Waals surface area contributed by atoms with Crippen molar-refractivity contribution in [2.24, 2.45) is 0 Å². The van der Waals surface area contributed by atoms with Crippen LogP contribution in [-0.2, 0) is 10.9 Å². The number of hydrogen-bond acceptors (Lipinski definition) is 6. The third-order valence-corrected chi connectivity index (χ3v) is 2.50. The minimum atomic E-state index is -4.66. The zero-order valence-electron chi connectivity index (χ0n) is 11.1. The zero-order chi connectivity index (χ0) is 16.3. The average Bonchev–Trinajstić information content (AvgIpc) is 2.47. The third-order valence-electron chi connectivity index (χ3n) is 2.50. The molecule has 0 saturated carbocycles. The second-order valence-electron chi connectivity index (χ2n) is 4.01.